The Balaban J connectivity index is 2.92. The third-order valence-electron chi connectivity index (χ3n) is 2.05. The molecule has 1 aromatic carbocycles. The molecule has 1 rings (SSSR count). The van der Waals surface area contributed by atoms with Crippen molar-refractivity contribution in [3.05, 3.63) is 42.1 Å². The molecule has 15 heavy (non-hydrogen) atoms. The van der Waals surface area contributed by atoms with E-state index in [0.29, 0.717) is 0 Å². The minimum atomic E-state index is 0.961. The van der Waals surface area contributed by atoms with Gasteiger partial charge < -0.3 is 9.80 Å². The lowest BCUT2D eigenvalue weighted by Gasteiger charge is -2.16. The fraction of sp³-hybridized carbons (Fsp3) is 0.385. The topological polar surface area (TPSA) is 6.48 Å². The first-order valence-electron chi connectivity index (χ1n) is 5.17. The molecule has 0 bridgehead atoms. The van der Waals surface area contributed by atoms with Gasteiger partial charge in [-0.05, 0) is 25.2 Å². The van der Waals surface area contributed by atoms with Crippen LogP contribution in [0.4, 0.5) is 0 Å². The summed E-state index contributed by atoms with van der Waals surface area (Å²) < 4.78 is 0. The molecule has 0 spiro atoms. The van der Waals surface area contributed by atoms with Gasteiger partial charge >= 0.3 is 0 Å². The van der Waals surface area contributed by atoms with Crippen LogP contribution in [0, 0.1) is 0 Å². The van der Waals surface area contributed by atoms with Gasteiger partial charge in [0.05, 0.1) is 0 Å². The van der Waals surface area contributed by atoms with Crippen molar-refractivity contribution in [3.8, 4) is 0 Å². The predicted molar refractivity (Wildman–Crippen MR) is 66.7 cm³/mol. The van der Waals surface area contributed by atoms with E-state index in [9.17, 15) is 0 Å². The molecule has 0 saturated carbocycles. The zero-order valence-corrected chi connectivity index (χ0v) is 10.1. The van der Waals surface area contributed by atoms with Gasteiger partial charge in [0.15, 0.2) is 0 Å². The molecule has 2 nitrogen and oxygen atoms in total. The van der Waals surface area contributed by atoms with Gasteiger partial charge in [-0.1, -0.05) is 30.3 Å². The number of hydrogen-bond donors (Lipinski definition) is 0. The van der Waals surface area contributed by atoms with Crippen LogP contribution in [0.15, 0.2) is 36.5 Å². The quantitative estimate of drug-likeness (QED) is 0.741. The molecule has 0 unspecified atom stereocenters. The van der Waals surface area contributed by atoms with Crippen LogP contribution in [-0.4, -0.2) is 44.5 Å². The molecule has 0 radical (unpaired) electrons. The Bertz CT molecular complexity index is 313. The monoisotopic (exact) mass is 204 g/mol. The fourth-order valence-electron chi connectivity index (χ4n) is 1.51. The number of rotatable bonds is 4. The maximum atomic E-state index is 2.18. The van der Waals surface area contributed by atoms with E-state index < -0.39 is 0 Å². The summed E-state index contributed by atoms with van der Waals surface area (Å²) in [6, 6.07) is 10.5. The van der Waals surface area contributed by atoms with Crippen molar-refractivity contribution in [2.75, 3.05) is 34.7 Å². The summed E-state index contributed by atoms with van der Waals surface area (Å²) in [5.41, 5.74) is 2.63. The molecule has 0 aliphatic heterocycles. The highest BCUT2D eigenvalue weighted by molar-refractivity contribution is 5.66. The van der Waals surface area contributed by atoms with Gasteiger partial charge in [0.2, 0.25) is 0 Å². The van der Waals surface area contributed by atoms with E-state index in [1.54, 1.807) is 0 Å². The van der Waals surface area contributed by atoms with Crippen molar-refractivity contribution in [2.45, 2.75) is 0 Å². The largest absolute Gasteiger partial charge is 0.383 e. The first-order valence-corrected chi connectivity index (χ1v) is 5.17. The molecule has 82 valence electrons. The van der Waals surface area contributed by atoms with Crippen LogP contribution in [0.25, 0.3) is 5.57 Å². The van der Waals surface area contributed by atoms with Gasteiger partial charge in [0, 0.05) is 26.8 Å². The van der Waals surface area contributed by atoms with Gasteiger partial charge in [-0.3, -0.25) is 0 Å². The Kier molecular flexibility index (Phi) is 4.37. The molecule has 0 aromatic heterocycles. The highest BCUT2D eigenvalue weighted by Gasteiger charge is 2.02. The lowest BCUT2D eigenvalue weighted by atomic mass is 10.1. The second-order valence-corrected chi connectivity index (χ2v) is 4.22. The van der Waals surface area contributed by atoms with Gasteiger partial charge in [-0.25, -0.2) is 0 Å². The third-order valence-corrected chi connectivity index (χ3v) is 2.05. The van der Waals surface area contributed by atoms with Gasteiger partial charge in [-0.2, -0.15) is 0 Å². The van der Waals surface area contributed by atoms with Crippen LogP contribution in [0.2, 0.25) is 0 Å². The van der Waals surface area contributed by atoms with Crippen LogP contribution in [-0.2, 0) is 0 Å². The standard InChI is InChI=1S/C13H20N2/c1-14(2)10-13(11-15(3)4)12-8-6-5-7-9-12/h5-10H,11H2,1-4H3/b13-10-. The van der Waals surface area contributed by atoms with Crippen LogP contribution in [0.3, 0.4) is 0 Å². The molecular weight excluding hydrogens is 184 g/mol. The van der Waals surface area contributed by atoms with E-state index in [4.69, 9.17) is 0 Å². The number of likely N-dealkylation sites (N-methyl/N-ethyl adjacent to an activating group) is 1. The average molecular weight is 204 g/mol. The second kappa shape index (κ2) is 5.56. The highest BCUT2D eigenvalue weighted by Crippen LogP contribution is 2.14. The van der Waals surface area contributed by atoms with Crippen molar-refractivity contribution < 1.29 is 0 Å². The number of nitrogens with zero attached hydrogens (tertiary/aromatic N) is 2. The summed E-state index contributed by atoms with van der Waals surface area (Å²) in [6.45, 7) is 0.961. The molecule has 0 aliphatic rings. The van der Waals surface area contributed by atoms with E-state index in [1.807, 2.05) is 6.07 Å². The van der Waals surface area contributed by atoms with E-state index in [-0.39, 0.29) is 0 Å². The van der Waals surface area contributed by atoms with Crippen molar-refractivity contribution in [1.29, 1.82) is 0 Å². The normalized spacial score (nSPS) is 11.9. The van der Waals surface area contributed by atoms with Crippen molar-refractivity contribution in [3.63, 3.8) is 0 Å². The van der Waals surface area contributed by atoms with Crippen LogP contribution >= 0.6 is 0 Å². The summed E-state index contributed by atoms with van der Waals surface area (Å²) in [6.07, 6.45) is 2.18. The predicted octanol–water partition coefficient (Wildman–Crippen LogP) is 2.15. The Hall–Kier alpha value is -1.28. The zero-order valence-electron chi connectivity index (χ0n) is 10.1. The van der Waals surface area contributed by atoms with Crippen molar-refractivity contribution in [2.24, 2.45) is 0 Å². The lowest BCUT2D eigenvalue weighted by Crippen LogP contribution is -2.16. The smallest absolute Gasteiger partial charge is 0.0247 e. The van der Waals surface area contributed by atoms with Gasteiger partial charge in [0.1, 0.15) is 0 Å². The van der Waals surface area contributed by atoms with E-state index >= 15 is 0 Å². The minimum absolute atomic E-state index is 0.961. The maximum Gasteiger partial charge on any atom is 0.0247 e. The minimum Gasteiger partial charge on any atom is -0.383 e. The fourth-order valence-corrected chi connectivity index (χ4v) is 1.51. The molecule has 0 atom stereocenters. The number of hydrogen-bond acceptors (Lipinski definition) is 2. The van der Waals surface area contributed by atoms with Gasteiger partial charge in [0.25, 0.3) is 0 Å². The van der Waals surface area contributed by atoms with Crippen LogP contribution < -0.4 is 0 Å². The SMILES string of the molecule is CN(C)/C=C(/CN(C)C)c1ccccc1. The molecular formula is C13H20N2. The summed E-state index contributed by atoms with van der Waals surface area (Å²) >= 11 is 0. The van der Waals surface area contributed by atoms with E-state index in [2.05, 4.69) is 68.5 Å². The number of benzene rings is 1. The second-order valence-electron chi connectivity index (χ2n) is 4.22. The molecule has 0 aliphatic carbocycles. The van der Waals surface area contributed by atoms with Crippen molar-refractivity contribution >= 4 is 5.57 Å². The van der Waals surface area contributed by atoms with E-state index in [1.165, 1.54) is 11.1 Å². The first-order chi connectivity index (χ1) is 7.09. The molecule has 0 saturated heterocycles. The molecule has 2 heteroatoms. The Morgan fingerprint density at radius 2 is 1.67 bits per heavy atom. The summed E-state index contributed by atoms with van der Waals surface area (Å²) in [4.78, 5) is 4.27. The lowest BCUT2D eigenvalue weighted by molar-refractivity contribution is 0.459. The van der Waals surface area contributed by atoms with E-state index in [0.717, 1.165) is 6.54 Å². The molecule has 1 aromatic rings. The average Bonchev–Trinajstić information content (AvgIpc) is 2.17. The summed E-state index contributed by atoms with van der Waals surface area (Å²) in [5.74, 6) is 0. The Labute approximate surface area is 92.8 Å². The zero-order chi connectivity index (χ0) is 11.3. The van der Waals surface area contributed by atoms with Crippen molar-refractivity contribution in [1.82, 2.24) is 9.80 Å². The van der Waals surface area contributed by atoms with Crippen LogP contribution in [0.5, 0.6) is 0 Å². The first kappa shape index (κ1) is 11.8. The molecule has 0 amide bonds. The highest BCUT2D eigenvalue weighted by atomic mass is 15.1. The molecule has 0 fully saturated rings. The van der Waals surface area contributed by atoms with Gasteiger partial charge in [-0.15, -0.1) is 0 Å². The molecule has 0 N–H and O–H groups in total. The maximum absolute atomic E-state index is 2.18. The Morgan fingerprint density at radius 1 is 1.07 bits per heavy atom. The summed E-state index contributed by atoms with van der Waals surface area (Å²) in [5, 5.41) is 0. The summed E-state index contributed by atoms with van der Waals surface area (Å²) in [7, 11) is 8.29. The van der Waals surface area contributed by atoms with Crippen LogP contribution in [0.1, 0.15) is 5.56 Å². The third kappa shape index (κ3) is 4.17. The molecule has 0 heterocycles. The Morgan fingerprint density at radius 3 is 2.13 bits per heavy atom.